The second-order valence-electron chi connectivity index (χ2n) is 5.99. The second-order valence-corrected chi connectivity index (χ2v) is 5.99. The van der Waals surface area contributed by atoms with Crippen LogP contribution in [0.5, 0.6) is 0 Å². The molecule has 1 aliphatic rings. The Bertz CT molecular complexity index is 684. The molecule has 0 atom stereocenters. The number of nitrogens with zero attached hydrogens (tertiary/aromatic N) is 6. The summed E-state index contributed by atoms with van der Waals surface area (Å²) < 4.78 is 0. The van der Waals surface area contributed by atoms with Crippen LogP contribution in [0.4, 0.5) is 11.6 Å². The van der Waals surface area contributed by atoms with E-state index in [0.29, 0.717) is 24.7 Å². The van der Waals surface area contributed by atoms with Crippen molar-refractivity contribution in [3.63, 3.8) is 0 Å². The van der Waals surface area contributed by atoms with E-state index in [-0.39, 0.29) is 5.91 Å². The largest absolute Gasteiger partial charge is 0.367 e. The number of piperidine rings is 1. The van der Waals surface area contributed by atoms with Crippen molar-refractivity contribution in [3.05, 3.63) is 36.7 Å². The minimum absolute atomic E-state index is 0.00835. The van der Waals surface area contributed by atoms with Gasteiger partial charge in [0.05, 0.1) is 5.56 Å². The van der Waals surface area contributed by atoms with Crippen LogP contribution < -0.4 is 10.2 Å². The maximum absolute atomic E-state index is 12.4. The first-order valence-corrected chi connectivity index (χ1v) is 7.93. The summed E-state index contributed by atoms with van der Waals surface area (Å²) in [5, 5.41) is 3.43. The molecule has 1 amide bonds. The van der Waals surface area contributed by atoms with Gasteiger partial charge in [-0.2, -0.15) is 0 Å². The van der Waals surface area contributed by atoms with E-state index in [9.17, 15) is 4.79 Å². The zero-order valence-electron chi connectivity index (χ0n) is 13.9. The zero-order chi connectivity index (χ0) is 16.9. The molecule has 126 valence electrons. The molecule has 0 unspecified atom stereocenters. The maximum Gasteiger partial charge on any atom is 0.256 e. The number of carbonyl (C=O) groups is 1. The third kappa shape index (κ3) is 3.76. The van der Waals surface area contributed by atoms with Gasteiger partial charge in [0, 0.05) is 51.7 Å². The lowest BCUT2D eigenvalue weighted by Gasteiger charge is -2.32. The van der Waals surface area contributed by atoms with Crippen LogP contribution >= 0.6 is 0 Å². The van der Waals surface area contributed by atoms with E-state index in [0.717, 1.165) is 24.5 Å². The number of likely N-dealkylation sites (tertiary alicyclic amines) is 1. The molecule has 8 nitrogen and oxygen atoms in total. The van der Waals surface area contributed by atoms with Gasteiger partial charge in [-0.1, -0.05) is 0 Å². The predicted molar refractivity (Wildman–Crippen MR) is 90.9 cm³/mol. The molecular weight excluding hydrogens is 306 g/mol. The van der Waals surface area contributed by atoms with Gasteiger partial charge >= 0.3 is 0 Å². The van der Waals surface area contributed by atoms with Gasteiger partial charge in [0.25, 0.3) is 5.91 Å². The summed E-state index contributed by atoms with van der Waals surface area (Å²) in [7, 11) is 3.90. The Balaban J connectivity index is 1.56. The van der Waals surface area contributed by atoms with E-state index in [1.165, 1.54) is 6.33 Å². The molecule has 0 aromatic carbocycles. The first-order chi connectivity index (χ1) is 11.6. The number of aromatic nitrogens is 4. The van der Waals surface area contributed by atoms with Crippen LogP contribution in [0.2, 0.25) is 0 Å². The number of hydrogen-bond donors (Lipinski definition) is 1. The Labute approximate surface area is 141 Å². The van der Waals surface area contributed by atoms with Crippen LogP contribution in [0.25, 0.3) is 0 Å². The van der Waals surface area contributed by atoms with Gasteiger partial charge < -0.3 is 15.1 Å². The summed E-state index contributed by atoms with van der Waals surface area (Å²) >= 11 is 0. The standard InChI is InChI=1S/C16H21N7O/c1-22(2)15-7-14(19-11-20-15)21-13-3-5-23(6-4-13)16(24)12-8-17-10-18-9-12/h7-11,13H,3-6H2,1-2H3,(H,19,20,21). The van der Waals surface area contributed by atoms with Crippen molar-refractivity contribution in [2.24, 2.45) is 0 Å². The van der Waals surface area contributed by atoms with Crippen molar-refractivity contribution in [1.29, 1.82) is 0 Å². The average Bonchev–Trinajstić information content (AvgIpc) is 2.63. The molecule has 24 heavy (non-hydrogen) atoms. The Hall–Kier alpha value is -2.77. The molecular formula is C16H21N7O. The van der Waals surface area contributed by atoms with Crippen molar-refractivity contribution < 1.29 is 4.79 Å². The van der Waals surface area contributed by atoms with E-state index in [4.69, 9.17) is 0 Å². The molecule has 2 aromatic rings. The van der Waals surface area contributed by atoms with Crippen molar-refractivity contribution >= 4 is 17.5 Å². The van der Waals surface area contributed by atoms with Crippen molar-refractivity contribution in [3.8, 4) is 0 Å². The summed E-state index contributed by atoms with van der Waals surface area (Å²) in [6, 6.07) is 2.23. The molecule has 1 N–H and O–H groups in total. The van der Waals surface area contributed by atoms with Crippen LogP contribution in [0.1, 0.15) is 23.2 Å². The van der Waals surface area contributed by atoms with Gasteiger partial charge in [-0.3, -0.25) is 4.79 Å². The summed E-state index contributed by atoms with van der Waals surface area (Å²) in [4.78, 5) is 32.5. The molecule has 1 fully saturated rings. The van der Waals surface area contributed by atoms with E-state index < -0.39 is 0 Å². The third-order valence-electron chi connectivity index (χ3n) is 4.05. The fourth-order valence-corrected chi connectivity index (χ4v) is 2.70. The maximum atomic E-state index is 12.4. The quantitative estimate of drug-likeness (QED) is 0.898. The molecule has 2 aromatic heterocycles. The zero-order valence-corrected chi connectivity index (χ0v) is 13.9. The number of hydrogen-bond acceptors (Lipinski definition) is 7. The summed E-state index contributed by atoms with van der Waals surface area (Å²) in [5.41, 5.74) is 0.537. The molecule has 0 aliphatic carbocycles. The molecule has 1 saturated heterocycles. The average molecular weight is 327 g/mol. The number of rotatable bonds is 4. The van der Waals surface area contributed by atoms with Gasteiger partial charge in [0.1, 0.15) is 24.3 Å². The lowest BCUT2D eigenvalue weighted by atomic mass is 10.0. The normalized spacial score (nSPS) is 15.2. The minimum Gasteiger partial charge on any atom is -0.367 e. The summed E-state index contributed by atoms with van der Waals surface area (Å²) in [6.45, 7) is 1.41. The molecule has 8 heteroatoms. The van der Waals surface area contributed by atoms with E-state index in [1.807, 2.05) is 30.0 Å². The highest BCUT2D eigenvalue weighted by Gasteiger charge is 2.24. The summed E-state index contributed by atoms with van der Waals surface area (Å²) in [5.74, 6) is 1.67. The van der Waals surface area contributed by atoms with Crippen LogP contribution in [-0.2, 0) is 0 Å². The highest BCUT2D eigenvalue weighted by atomic mass is 16.2. The van der Waals surface area contributed by atoms with Gasteiger partial charge in [0.15, 0.2) is 0 Å². The monoisotopic (exact) mass is 327 g/mol. The van der Waals surface area contributed by atoms with Crippen molar-refractivity contribution in [1.82, 2.24) is 24.8 Å². The molecule has 0 saturated carbocycles. The Kier molecular flexibility index (Phi) is 4.83. The molecule has 0 bridgehead atoms. The Morgan fingerprint density at radius 3 is 2.54 bits per heavy atom. The number of nitrogens with one attached hydrogen (secondary N) is 1. The highest BCUT2D eigenvalue weighted by molar-refractivity contribution is 5.93. The highest BCUT2D eigenvalue weighted by Crippen LogP contribution is 2.18. The topological polar surface area (TPSA) is 87.1 Å². The Morgan fingerprint density at radius 2 is 1.88 bits per heavy atom. The van der Waals surface area contributed by atoms with Gasteiger partial charge in [-0.25, -0.2) is 19.9 Å². The van der Waals surface area contributed by atoms with E-state index in [2.05, 4.69) is 25.3 Å². The number of anilines is 2. The SMILES string of the molecule is CN(C)c1cc(NC2CCN(C(=O)c3cncnc3)CC2)ncn1. The van der Waals surface area contributed by atoms with Crippen LogP contribution in [-0.4, -0.2) is 64.0 Å². The fraction of sp³-hybridized carbons (Fsp3) is 0.438. The molecule has 0 radical (unpaired) electrons. The number of amides is 1. The lowest BCUT2D eigenvalue weighted by Crippen LogP contribution is -2.42. The van der Waals surface area contributed by atoms with Crippen LogP contribution in [0.3, 0.4) is 0 Å². The first kappa shape index (κ1) is 16.1. The van der Waals surface area contributed by atoms with Gasteiger partial charge in [0.2, 0.25) is 0 Å². The lowest BCUT2D eigenvalue weighted by molar-refractivity contribution is 0.0717. The molecule has 0 spiro atoms. The summed E-state index contributed by atoms with van der Waals surface area (Å²) in [6.07, 6.45) is 7.86. The Morgan fingerprint density at radius 1 is 1.17 bits per heavy atom. The third-order valence-corrected chi connectivity index (χ3v) is 4.05. The van der Waals surface area contributed by atoms with Gasteiger partial charge in [-0.05, 0) is 12.8 Å². The van der Waals surface area contributed by atoms with Gasteiger partial charge in [-0.15, -0.1) is 0 Å². The van der Waals surface area contributed by atoms with Crippen molar-refractivity contribution in [2.45, 2.75) is 18.9 Å². The van der Waals surface area contributed by atoms with Crippen molar-refractivity contribution in [2.75, 3.05) is 37.4 Å². The fourth-order valence-electron chi connectivity index (χ4n) is 2.70. The minimum atomic E-state index is -0.00835. The predicted octanol–water partition coefficient (Wildman–Crippen LogP) is 1.05. The second kappa shape index (κ2) is 7.20. The van der Waals surface area contributed by atoms with E-state index >= 15 is 0 Å². The molecule has 3 heterocycles. The smallest absolute Gasteiger partial charge is 0.256 e. The molecule has 3 rings (SSSR count). The molecule has 1 aliphatic heterocycles. The van der Waals surface area contributed by atoms with Crippen LogP contribution in [0.15, 0.2) is 31.1 Å². The van der Waals surface area contributed by atoms with Crippen LogP contribution in [0, 0.1) is 0 Å². The first-order valence-electron chi connectivity index (χ1n) is 7.93. The van der Waals surface area contributed by atoms with E-state index in [1.54, 1.807) is 18.7 Å². The number of carbonyl (C=O) groups excluding carboxylic acids is 1.